The van der Waals surface area contributed by atoms with Gasteiger partial charge in [0.2, 0.25) is 5.88 Å². The first kappa shape index (κ1) is 19.3. The number of thiophene rings is 1. The van der Waals surface area contributed by atoms with Gasteiger partial charge in [-0.1, -0.05) is 30.3 Å². The second-order valence-electron chi connectivity index (χ2n) is 6.76. The largest absolute Gasteiger partial charge is 0.480 e. The number of nitrogens with one attached hydrogen (secondary N) is 1. The SMILES string of the molecule is COCc1nc(OC)c2c(C)c(C(=O)NC(C)(C)c3ccccc3)sc2n1. The number of ether oxygens (including phenoxy) is 2. The molecule has 0 spiro atoms. The van der Waals surface area contributed by atoms with Crippen molar-refractivity contribution in [1.29, 1.82) is 0 Å². The van der Waals surface area contributed by atoms with E-state index in [9.17, 15) is 4.79 Å². The molecule has 27 heavy (non-hydrogen) atoms. The number of hydrogen-bond donors (Lipinski definition) is 1. The van der Waals surface area contributed by atoms with E-state index in [0.29, 0.717) is 21.4 Å². The summed E-state index contributed by atoms with van der Waals surface area (Å²) in [5.74, 6) is 0.849. The Morgan fingerprint density at radius 1 is 1.19 bits per heavy atom. The molecule has 2 heterocycles. The molecule has 1 N–H and O–H groups in total. The first-order valence-electron chi connectivity index (χ1n) is 8.58. The van der Waals surface area contributed by atoms with Gasteiger partial charge in [-0.15, -0.1) is 11.3 Å². The van der Waals surface area contributed by atoms with Gasteiger partial charge < -0.3 is 14.8 Å². The molecule has 0 saturated carbocycles. The van der Waals surface area contributed by atoms with Gasteiger partial charge in [0.1, 0.15) is 11.4 Å². The van der Waals surface area contributed by atoms with Gasteiger partial charge in [-0.2, -0.15) is 4.98 Å². The molecule has 3 aromatic rings. The Morgan fingerprint density at radius 3 is 2.52 bits per heavy atom. The van der Waals surface area contributed by atoms with Crippen LogP contribution in [-0.2, 0) is 16.9 Å². The molecule has 0 aliphatic rings. The number of fused-ring (bicyclic) bond motifs is 1. The minimum absolute atomic E-state index is 0.139. The van der Waals surface area contributed by atoms with Crippen LogP contribution in [0.1, 0.15) is 40.5 Å². The molecule has 0 aliphatic carbocycles. The van der Waals surface area contributed by atoms with Crippen molar-refractivity contribution in [1.82, 2.24) is 15.3 Å². The Morgan fingerprint density at radius 2 is 1.89 bits per heavy atom. The molecule has 142 valence electrons. The van der Waals surface area contributed by atoms with Crippen LogP contribution in [0.3, 0.4) is 0 Å². The average Bonchev–Trinajstić information content (AvgIpc) is 2.98. The zero-order valence-electron chi connectivity index (χ0n) is 16.1. The fourth-order valence-corrected chi connectivity index (χ4v) is 4.06. The van der Waals surface area contributed by atoms with Crippen molar-refractivity contribution in [2.75, 3.05) is 14.2 Å². The standard InChI is InChI=1S/C20H23N3O3S/c1-12-15-18(26-5)21-14(11-25-4)22-19(15)27-16(12)17(24)23-20(2,3)13-9-7-6-8-10-13/h6-10H,11H2,1-5H3,(H,23,24). The summed E-state index contributed by atoms with van der Waals surface area (Å²) in [6.07, 6.45) is 0. The van der Waals surface area contributed by atoms with Gasteiger partial charge in [-0.3, -0.25) is 4.79 Å². The van der Waals surface area contributed by atoms with Crippen LogP contribution in [0, 0.1) is 6.92 Å². The molecular formula is C20H23N3O3S. The second kappa shape index (κ2) is 7.62. The van der Waals surface area contributed by atoms with Crippen molar-refractivity contribution < 1.29 is 14.3 Å². The summed E-state index contributed by atoms with van der Waals surface area (Å²) >= 11 is 1.34. The van der Waals surface area contributed by atoms with E-state index in [1.165, 1.54) is 11.3 Å². The minimum atomic E-state index is -0.502. The first-order chi connectivity index (χ1) is 12.9. The number of rotatable bonds is 6. The van der Waals surface area contributed by atoms with E-state index in [1.54, 1.807) is 14.2 Å². The van der Waals surface area contributed by atoms with Crippen LogP contribution < -0.4 is 10.1 Å². The Balaban J connectivity index is 1.99. The zero-order chi connectivity index (χ0) is 19.6. The summed E-state index contributed by atoms with van der Waals surface area (Å²) in [5.41, 5.74) is 1.35. The van der Waals surface area contributed by atoms with Crippen LogP contribution >= 0.6 is 11.3 Å². The highest BCUT2D eigenvalue weighted by Crippen LogP contribution is 2.35. The summed E-state index contributed by atoms with van der Waals surface area (Å²) in [7, 11) is 3.15. The molecule has 0 fully saturated rings. The third kappa shape index (κ3) is 3.79. The lowest BCUT2D eigenvalue weighted by Crippen LogP contribution is -2.40. The summed E-state index contributed by atoms with van der Waals surface area (Å²) < 4.78 is 10.5. The predicted molar refractivity (Wildman–Crippen MR) is 106 cm³/mol. The minimum Gasteiger partial charge on any atom is -0.480 e. The lowest BCUT2D eigenvalue weighted by Gasteiger charge is -2.26. The predicted octanol–water partition coefficient (Wildman–Crippen LogP) is 3.82. The van der Waals surface area contributed by atoms with Crippen LogP contribution in [0.2, 0.25) is 0 Å². The number of aryl methyl sites for hydroxylation is 1. The topological polar surface area (TPSA) is 73.3 Å². The third-order valence-corrected chi connectivity index (χ3v) is 5.58. The number of methoxy groups -OCH3 is 2. The van der Waals surface area contributed by atoms with Gasteiger partial charge in [0.25, 0.3) is 5.91 Å². The molecule has 0 aliphatic heterocycles. The normalized spacial score (nSPS) is 11.6. The highest BCUT2D eigenvalue weighted by molar-refractivity contribution is 7.20. The molecule has 7 heteroatoms. The van der Waals surface area contributed by atoms with E-state index >= 15 is 0 Å². The van der Waals surface area contributed by atoms with Crippen LogP contribution in [0.4, 0.5) is 0 Å². The van der Waals surface area contributed by atoms with Gasteiger partial charge in [-0.05, 0) is 31.9 Å². The van der Waals surface area contributed by atoms with Crippen molar-refractivity contribution in [2.24, 2.45) is 0 Å². The quantitative estimate of drug-likeness (QED) is 0.698. The highest BCUT2D eigenvalue weighted by Gasteiger charge is 2.27. The van der Waals surface area contributed by atoms with Crippen LogP contribution in [0.15, 0.2) is 30.3 Å². The maximum absolute atomic E-state index is 13.0. The maximum Gasteiger partial charge on any atom is 0.262 e. The Labute approximate surface area is 162 Å². The van der Waals surface area contributed by atoms with Gasteiger partial charge in [0.15, 0.2) is 5.82 Å². The number of nitrogens with zero attached hydrogens (tertiary/aromatic N) is 2. The summed E-state index contributed by atoms with van der Waals surface area (Å²) in [6.45, 7) is 6.15. The van der Waals surface area contributed by atoms with Crippen molar-refractivity contribution >= 4 is 27.5 Å². The maximum atomic E-state index is 13.0. The highest BCUT2D eigenvalue weighted by atomic mass is 32.1. The van der Waals surface area contributed by atoms with Crippen molar-refractivity contribution in [3.63, 3.8) is 0 Å². The third-order valence-electron chi connectivity index (χ3n) is 4.40. The fraction of sp³-hybridized carbons (Fsp3) is 0.350. The lowest BCUT2D eigenvalue weighted by atomic mass is 9.94. The van der Waals surface area contributed by atoms with E-state index in [-0.39, 0.29) is 12.5 Å². The molecule has 0 radical (unpaired) electrons. The molecule has 1 aromatic carbocycles. The van der Waals surface area contributed by atoms with E-state index in [0.717, 1.165) is 16.5 Å². The molecular weight excluding hydrogens is 362 g/mol. The lowest BCUT2D eigenvalue weighted by molar-refractivity contribution is 0.0916. The van der Waals surface area contributed by atoms with Gasteiger partial charge >= 0.3 is 0 Å². The van der Waals surface area contributed by atoms with Crippen LogP contribution in [0.5, 0.6) is 5.88 Å². The van der Waals surface area contributed by atoms with E-state index in [4.69, 9.17) is 9.47 Å². The number of carbonyl (C=O) groups excluding carboxylic acids is 1. The molecule has 1 amide bonds. The first-order valence-corrected chi connectivity index (χ1v) is 9.40. The van der Waals surface area contributed by atoms with Crippen molar-refractivity contribution in [3.05, 3.63) is 52.2 Å². The molecule has 2 aromatic heterocycles. The monoisotopic (exact) mass is 385 g/mol. The van der Waals surface area contributed by atoms with Crippen molar-refractivity contribution in [3.8, 4) is 5.88 Å². The average molecular weight is 385 g/mol. The molecule has 3 rings (SSSR count). The molecule has 0 unspecified atom stereocenters. The van der Waals surface area contributed by atoms with Crippen LogP contribution in [0.25, 0.3) is 10.2 Å². The van der Waals surface area contributed by atoms with E-state index in [1.807, 2.05) is 51.1 Å². The van der Waals surface area contributed by atoms with Crippen LogP contribution in [-0.4, -0.2) is 30.1 Å². The zero-order valence-corrected chi connectivity index (χ0v) is 16.9. The number of amides is 1. The molecule has 6 nitrogen and oxygen atoms in total. The molecule has 0 atom stereocenters. The molecule has 0 bridgehead atoms. The number of carbonyl (C=O) groups is 1. The summed E-state index contributed by atoms with van der Waals surface area (Å²) in [4.78, 5) is 23.2. The summed E-state index contributed by atoms with van der Waals surface area (Å²) in [5, 5.41) is 3.89. The van der Waals surface area contributed by atoms with E-state index < -0.39 is 5.54 Å². The number of hydrogen-bond acceptors (Lipinski definition) is 6. The van der Waals surface area contributed by atoms with Crippen molar-refractivity contribution in [2.45, 2.75) is 32.9 Å². The van der Waals surface area contributed by atoms with Gasteiger partial charge in [0, 0.05) is 7.11 Å². The Kier molecular flexibility index (Phi) is 5.43. The van der Waals surface area contributed by atoms with Gasteiger partial charge in [-0.25, -0.2) is 4.98 Å². The molecule has 0 saturated heterocycles. The van der Waals surface area contributed by atoms with E-state index in [2.05, 4.69) is 15.3 Å². The fourth-order valence-electron chi connectivity index (χ4n) is 2.97. The Hall–Kier alpha value is -2.51. The number of aromatic nitrogens is 2. The Bertz CT molecular complexity index is 968. The summed E-state index contributed by atoms with van der Waals surface area (Å²) in [6, 6.07) is 9.89. The van der Waals surface area contributed by atoms with Gasteiger partial charge in [0.05, 0.1) is 22.9 Å². The smallest absolute Gasteiger partial charge is 0.262 e. The number of benzene rings is 1. The second-order valence-corrected chi connectivity index (χ2v) is 7.76.